The van der Waals surface area contributed by atoms with Gasteiger partial charge in [-0.3, -0.25) is 4.99 Å². The molecular weight excluding hydrogens is 280 g/mol. The number of aliphatic imine (C=N–C) groups is 1. The van der Waals surface area contributed by atoms with Crippen LogP contribution in [0.5, 0.6) is 0 Å². The van der Waals surface area contributed by atoms with E-state index in [9.17, 15) is 0 Å². The Labute approximate surface area is 131 Å². The highest BCUT2D eigenvalue weighted by molar-refractivity contribution is 8.14. The molecule has 4 heteroatoms. The lowest BCUT2D eigenvalue weighted by Crippen LogP contribution is -2.32. The van der Waals surface area contributed by atoms with E-state index < -0.39 is 0 Å². The zero-order valence-corrected chi connectivity index (χ0v) is 13.7. The van der Waals surface area contributed by atoms with Gasteiger partial charge in [-0.05, 0) is 49.3 Å². The van der Waals surface area contributed by atoms with Crippen molar-refractivity contribution in [2.24, 2.45) is 10.9 Å². The zero-order valence-electron chi connectivity index (χ0n) is 12.9. The number of hydrogen-bond acceptors (Lipinski definition) is 4. The molecule has 1 aromatic carbocycles. The Morgan fingerprint density at radius 2 is 2.19 bits per heavy atom. The number of amidine groups is 1. The first-order valence-electron chi connectivity index (χ1n) is 7.77. The highest BCUT2D eigenvalue weighted by Gasteiger charge is 2.38. The second-order valence-electron chi connectivity index (χ2n) is 6.37. The second-order valence-corrected chi connectivity index (χ2v) is 7.33. The van der Waals surface area contributed by atoms with E-state index in [-0.39, 0.29) is 5.54 Å². The fourth-order valence-corrected chi connectivity index (χ4v) is 4.34. The summed E-state index contributed by atoms with van der Waals surface area (Å²) in [7, 11) is 1.73. The highest BCUT2D eigenvalue weighted by Crippen LogP contribution is 2.41. The van der Waals surface area contributed by atoms with Crippen molar-refractivity contribution in [1.29, 1.82) is 0 Å². The van der Waals surface area contributed by atoms with Crippen LogP contribution >= 0.6 is 11.8 Å². The molecule has 1 aromatic rings. The summed E-state index contributed by atoms with van der Waals surface area (Å²) in [6.45, 7) is 3.01. The van der Waals surface area contributed by atoms with Crippen LogP contribution in [0.3, 0.4) is 0 Å². The van der Waals surface area contributed by atoms with E-state index in [4.69, 9.17) is 9.73 Å². The number of anilines is 1. The molecule has 1 heterocycles. The molecule has 3 nitrogen and oxygen atoms in total. The molecule has 2 aliphatic rings. The number of hydrogen-bond donors (Lipinski definition) is 1. The third-order valence-corrected chi connectivity index (χ3v) is 5.66. The standard InChI is InChI=1S/C17H24N2OS/c1-13-6-8-17(9-7-13)12-21-16(19-17)18-15-5-3-4-14(10-15)11-20-2/h3-5,10,13H,6-9,11-12H2,1-2H3,(H,18,19). The van der Waals surface area contributed by atoms with Crippen LogP contribution in [0.2, 0.25) is 0 Å². The topological polar surface area (TPSA) is 33.6 Å². The summed E-state index contributed by atoms with van der Waals surface area (Å²) in [4.78, 5) is 5.02. The predicted molar refractivity (Wildman–Crippen MR) is 91.0 cm³/mol. The SMILES string of the molecule is COCc1cccc(NC2=NC3(CCC(C)CC3)CS2)c1. The summed E-state index contributed by atoms with van der Waals surface area (Å²) in [5.41, 5.74) is 2.51. The second kappa shape index (κ2) is 6.41. The fraction of sp³-hybridized carbons (Fsp3) is 0.588. The molecule has 0 saturated heterocycles. The molecular formula is C17H24N2OS. The van der Waals surface area contributed by atoms with Crippen LogP contribution in [-0.4, -0.2) is 23.6 Å². The van der Waals surface area contributed by atoms with Gasteiger partial charge in [0.1, 0.15) is 0 Å². The maximum absolute atomic E-state index is 5.19. The van der Waals surface area contributed by atoms with Crippen LogP contribution < -0.4 is 5.32 Å². The van der Waals surface area contributed by atoms with Gasteiger partial charge in [0.25, 0.3) is 0 Å². The molecule has 1 aliphatic carbocycles. The predicted octanol–water partition coefficient (Wildman–Crippen LogP) is 4.30. The Balaban J connectivity index is 1.67. The van der Waals surface area contributed by atoms with Crippen LogP contribution in [0.4, 0.5) is 5.69 Å². The van der Waals surface area contributed by atoms with E-state index in [1.807, 2.05) is 11.8 Å². The number of thioether (sulfide) groups is 1. The van der Waals surface area contributed by atoms with E-state index in [1.54, 1.807) is 7.11 Å². The Hall–Kier alpha value is -1.00. The largest absolute Gasteiger partial charge is 0.380 e. The number of rotatable bonds is 3. The molecule has 1 fully saturated rings. The molecule has 1 N–H and O–H groups in total. The Kier molecular flexibility index (Phi) is 4.55. The van der Waals surface area contributed by atoms with Gasteiger partial charge < -0.3 is 10.1 Å². The van der Waals surface area contributed by atoms with Crippen LogP contribution in [-0.2, 0) is 11.3 Å². The van der Waals surface area contributed by atoms with Crippen molar-refractivity contribution in [3.8, 4) is 0 Å². The number of methoxy groups -OCH3 is 1. The van der Waals surface area contributed by atoms with E-state index in [1.165, 1.54) is 31.2 Å². The molecule has 0 unspecified atom stereocenters. The average Bonchev–Trinajstić information content (AvgIpc) is 2.86. The Morgan fingerprint density at radius 1 is 1.38 bits per heavy atom. The fourth-order valence-electron chi connectivity index (χ4n) is 3.13. The Bertz CT molecular complexity index is 521. The van der Waals surface area contributed by atoms with Crippen molar-refractivity contribution in [2.75, 3.05) is 18.2 Å². The van der Waals surface area contributed by atoms with Crippen molar-refractivity contribution < 1.29 is 4.74 Å². The quantitative estimate of drug-likeness (QED) is 0.904. The smallest absolute Gasteiger partial charge is 0.161 e. The number of nitrogens with zero attached hydrogens (tertiary/aromatic N) is 1. The lowest BCUT2D eigenvalue weighted by molar-refractivity contribution is 0.185. The first-order valence-corrected chi connectivity index (χ1v) is 8.75. The maximum Gasteiger partial charge on any atom is 0.161 e. The third kappa shape index (κ3) is 3.61. The van der Waals surface area contributed by atoms with E-state index in [0.29, 0.717) is 6.61 Å². The molecule has 0 aromatic heterocycles. The normalized spacial score (nSPS) is 28.7. The molecule has 1 spiro atoms. The number of nitrogens with one attached hydrogen (secondary N) is 1. The molecule has 0 atom stereocenters. The van der Waals surface area contributed by atoms with Gasteiger partial charge in [0.15, 0.2) is 5.17 Å². The average molecular weight is 304 g/mol. The van der Waals surface area contributed by atoms with Gasteiger partial charge in [0.05, 0.1) is 12.1 Å². The molecule has 1 aliphatic heterocycles. The highest BCUT2D eigenvalue weighted by atomic mass is 32.2. The van der Waals surface area contributed by atoms with Gasteiger partial charge in [0, 0.05) is 18.6 Å². The third-order valence-electron chi connectivity index (χ3n) is 4.51. The summed E-state index contributed by atoms with van der Waals surface area (Å²) >= 11 is 1.87. The van der Waals surface area contributed by atoms with Gasteiger partial charge in [0.2, 0.25) is 0 Å². The van der Waals surface area contributed by atoms with Crippen LogP contribution in [0.25, 0.3) is 0 Å². The van der Waals surface area contributed by atoms with Gasteiger partial charge >= 0.3 is 0 Å². The Morgan fingerprint density at radius 3 is 2.95 bits per heavy atom. The molecule has 0 bridgehead atoms. The van der Waals surface area contributed by atoms with Gasteiger partial charge in [-0.15, -0.1) is 0 Å². The molecule has 21 heavy (non-hydrogen) atoms. The minimum Gasteiger partial charge on any atom is -0.380 e. The van der Waals surface area contributed by atoms with Crippen LogP contribution in [0.15, 0.2) is 29.3 Å². The summed E-state index contributed by atoms with van der Waals surface area (Å²) in [6, 6.07) is 8.38. The monoisotopic (exact) mass is 304 g/mol. The van der Waals surface area contributed by atoms with E-state index in [2.05, 4.69) is 36.5 Å². The summed E-state index contributed by atoms with van der Waals surface area (Å²) in [5.74, 6) is 2.01. The first-order chi connectivity index (χ1) is 10.2. The lowest BCUT2D eigenvalue weighted by atomic mass is 9.79. The molecule has 3 rings (SSSR count). The molecule has 0 radical (unpaired) electrons. The van der Waals surface area contributed by atoms with E-state index in [0.717, 1.165) is 22.5 Å². The van der Waals surface area contributed by atoms with Gasteiger partial charge in [-0.1, -0.05) is 30.8 Å². The van der Waals surface area contributed by atoms with Crippen molar-refractivity contribution in [3.63, 3.8) is 0 Å². The van der Waals surface area contributed by atoms with Gasteiger partial charge in [-0.25, -0.2) is 0 Å². The summed E-state index contributed by atoms with van der Waals surface area (Å²) in [5, 5.41) is 4.56. The summed E-state index contributed by atoms with van der Waals surface area (Å²) in [6.07, 6.45) is 5.13. The van der Waals surface area contributed by atoms with Crippen LogP contribution in [0.1, 0.15) is 38.2 Å². The van der Waals surface area contributed by atoms with Crippen molar-refractivity contribution in [2.45, 2.75) is 44.8 Å². The minimum atomic E-state index is 0.212. The molecule has 0 amide bonds. The molecule has 114 valence electrons. The molecule has 1 saturated carbocycles. The number of benzene rings is 1. The lowest BCUT2D eigenvalue weighted by Gasteiger charge is -2.32. The maximum atomic E-state index is 5.19. The van der Waals surface area contributed by atoms with Crippen LogP contribution in [0, 0.1) is 5.92 Å². The minimum absolute atomic E-state index is 0.212. The first kappa shape index (κ1) is 14.9. The van der Waals surface area contributed by atoms with Crippen molar-refractivity contribution in [3.05, 3.63) is 29.8 Å². The van der Waals surface area contributed by atoms with Crippen molar-refractivity contribution >= 4 is 22.6 Å². The van der Waals surface area contributed by atoms with Gasteiger partial charge in [-0.2, -0.15) is 0 Å². The zero-order chi connectivity index (χ0) is 14.7. The van der Waals surface area contributed by atoms with E-state index >= 15 is 0 Å². The van der Waals surface area contributed by atoms with Crippen molar-refractivity contribution in [1.82, 2.24) is 0 Å². The summed E-state index contributed by atoms with van der Waals surface area (Å²) < 4.78 is 5.19. The number of ether oxygens (including phenoxy) is 1.